The first-order chi connectivity index (χ1) is 8.49. The predicted octanol–water partition coefficient (Wildman–Crippen LogP) is 3.38. The van der Waals surface area contributed by atoms with Crippen LogP contribution in [0.1, 0.15) is 34.7 Å². The van der Waals surface area contributed by atoms with Gasteiger partial charge in [-0.05, 0) is 31.0 Å². The molecule has 1 N–H and O–H groups in total. The first-order valence-electron chi connectivity index (χ1n) is 5.44. The summed E-state index contributed by atoms with van der Waals surface area (Å²) in [5.41, 5.74) is 1.87. The van der Waals surface area contributed by atoms with Gasteiger partial charge in [0.15, 0.2) is 11.5 Å². The number of hydrogen-bond acceptors (Lipinski definition) is 3. The van der Waals surface area contributed by atoms with Crippen molar-refractivity contribution in [2.45, 2.75) is 20.0 Å². The second-order valence-corrected chi connectivity index (χ2v) is 4.07. The fraction of sp³-hybridized carbons (Fsp3) is 0.231. The fourth-order valence-electron chi connectivity index (χ4n) is 1.66. The summed E-state index contributed by atoms with van der Waals surface area (Å²) in [5, 5.41) is 12.2. The number of rotatable bonds is 3. The number of aromatic nitrogens is 1. The van der Waals surface area contributed by atoms with Crippen LogP contribution in [0, 0.1) is 6.92 Å². The van der Waals surface area contributed by atoms with Gasteiger partial charge < -0.3 is 9.63 Å². The predicted molar refractivity (Wildman–Crippen MR) is 63.2 cm³/mol. The summed E-state index contributed by atoms with van der Waals surface area (Å²) in [6.07, 6.45) is -1.09. The van der Waals surface area contributed by atoms with Gasteiger partial charge in [0, 0.05) is 11.6 Å². The average Bonchev–Trinajstić information content (AvgIpc) is 2.78. The average molecular weight is 249 g/mol. The quantitative estimate of drug-likeness (QED) is 0.905. The molecule has 4 nitrogen and oxygen atoms in total. The van der Waals surface area contributed by atoms with Gasteiger partial charge in [0.25, 0.3) is 0 Å². The van der Waals surface area contributed by atoms with E-state index in [1.807, 2.05) is 6.92 Å². The van der Waals surface area contributed by atoms with Gasteiger partial charge >= 0.3 is 5.97 Å². The van der Waals surface area contributed by atoms with Gasteiger partial charge in [-0.15, -0.1) is 0 Å². The Morgan fingerprint density at radius 2 is 2.17 bits per heavy atom. The van der Waals surface area contributed by atoms with E-state index in [0.717, 1.165) is 5.56 Å². The zero-order valence-electron chi connectivity index (χ0n) is 9.98. The van der Waals surface area contributed by atoms with Crippen molar-refractivity contribution in [2.24, 2.45) is 0 Å². The van der Waals surface area contributed by atoms with E-state index in [9.17, 15) is 9.18 Å². The number of aryl methyl sites for hydroxylation is 1. The maximum atomic E-state index is 13.3. The molecule has 0 bridgehead atoms. The van der Waals surface area contributed by atoms with Gasteiger partial charge in [0.2, 0.25) is 0 Å². The number of hydrogen-bond donors (Lipinski definition) is 1. The monoisotopic (exact) mass is 249 g/mol. The van der Waals surface area contributed by atoms with Crippen molar-refractivity contribution >= 4 is 5.97 Å². The van der Waals surface area contributed by atoms with Gasteiger partial charge in [-0.1, -0.05) is 17.3 Å². The van der Waals surface area contributed by atoms with E-state index in [2.05, 4.69) is 5.16 Å². The van der Waals surface area contributed by atoms with Crippen molar-refractivity contribution in [3.05, 3.63) is 41.1 Å². The zero-order valence-corrected chi connectivity index (χ0v) is 9.98. The minimum Gasteiger partial charge on any atom is -0.476 e. The van der Waals surface area contributed by atoms with E-state index in [4.69, 9.17) is 9.63 Å². The Bertz CT molecular complexity index is 590. The second-order valence-electron chi connectivity index (χ2n) is 4.07. The number of benzene rings is 1. The zero-order chi connectivity index (χ0) is 13.3. The molecule has 2 aromatic rings. The molecule has 0 saturated carbocycles. The molecule has 1 atom stereocenters. The van der Waals surface area contributed by atoms with Crippen molar-refractivity contribution in [3.8, 4) is 11.3 Å². The summed E-state index contributed by atoms with van der Waals surface area (Å²) in [6, 6.07) is 6.44. The highest BCUT2D eigenvalue weighted by molar-refractivity contribution is 5.86. The molecular formula is C13H12FNO3. The lowest BCUT2D eigenvalue weighted by atomic mass is 10.0. The van der Waals surface area contributed by atoms with Crippen LogP contribution < -0.4 is 0 Å². The van der Waals surface area contributed by atoms with Gasteiger partial charge in [0.1, 0.15) is 6.17 Å². The van der Waals surface area contributed by atoms with Gasteiger partial charge in [-0.2, -0.15) is 0 Å². The Kier molecular flexibility index (Phi) is 3.14. The maximum absolute atomic E-state index is 13.3. The summed E-state index contributed by atoms with van der Waals surface area (Å²) in [5.74, 6) is -0.829. The van der Waals surface area contributed by atoms with Crippen LogP contribution in [0.15, 0.2) is 28.8 Å². The lowest BCUT2D eigenvalue weighted by Crippen LogP contribution is -1.94. The minimum absolute atomic E-state index is 0.164. The molecular weight excluding hydrogens is 237 g/mol. The Labute approximate surface area is 103 Å². The summed E-state index contributed by atoms with van der Waals surface area (Å²) in [7, 11) is 0. The molecule has 1 heterocycles. The van der Waals surface area contributed by atoms with Gasteiger partial charge in [0.05, 0.1) is 0 Å². The first kappa shape index (κ1) is 12.3. The fourth-order valence-corrected chi connectivity index (χ4v) is 1.66. The van der Waals surface area contributed by atoms with Crippen LogP contribution in [0.3, 0.4) is 0 Å². The van der Waals surface area contributed by atoms with Gasteiger partial charge in [-0.25, -0.2) is 9.18 Å². The van der Waals surface area contributed by atoms with E-state index in [0.29, 0.717) is 16.9 Å². The van der Waals surface area contributed by atoms with Crippen molar-refractivity contribution in [3.63, 3.8) is 0 Å². The molecule has 0 aliphatic carbocycles. The molecule has 94 valence electrons. The topological polar surface area (TPSA) is 63.3 Å². The normalized spacial score (nSPS) is 12.4. The van der Waals surface area contributed by atoms with Crippen LogP contribution in [-0.4, -0.2) is 16.2 Å². The lowest BCUT2D eigenvalue weighted by Gasteiger charge is -2.06. The number of alkyl halides is 1. The molecule has 5 heteroatoms. The summed E-state index contributed by atoms with van der Waals surface area (Å²) >= 11 is 0. The summed E-state index contributed by atoms with van der Waals surface area (Å²) in [4.78, 5) is 10.7. The van der Waals surface area contributed by atoms with E-state index < -0.39 is 12.1 Å². The highest BCUT2D eigenvalue weighted by atomic mass is 19.1. The molecule has 0 amide bonds. The standard InChI is InChI=1S/C13H12FNO3/c1-7-3-4-9(8(2)14)5-10(7)12-6-11(13(16)17)15-18-12/h3-6,8H,1-2H3,(H,16,17). The number of nitrogens with zero attached hydrogens (tertiary/aromatic N) is 1. The smallest absolute Gasteiger partial charge is 0.358 e. The highest BCUT2D eigenvalue weighted by Crippen LogP contribution is 2.28. The van der Waals surface area contributed by atoms with Crippen molar-refractivity contribution in [2.75, 3.05) is 0 Å². The number of aromatic carboxylic acids is 1. The van der Waals surface area contributed by atoms with E-state index in [1.165, 1.54) is 13.0 Å². The number of carboxylic acids is 1. The molecule has 0 radical (unpaired) electrons. The number of carbonyl (C=O) groups is 1. The molecule has 0 aliphatic rings. The van der Waals surface area contributed by atoms with Gasteiger partial charge in [-0.3, -0.25) is 0 Å². The molecule has 0 saturated heterocycles. The van der Waals surface area contributed by atoms with Crippen LogP contribution in [0.2, 0.25) is 0 Å². The Balaban J connectivity index is 2.48. The van der Waals surface area contributed by atoms with Crippen molar-refractivity contribution in [1.29, 1.82) is 0 Å². The molecule has 1 unspecified atom stereocenters. The van der Waals surface area contributed by atoms with Crippen LogP contribution in [0.5, 0.6) is 0 Å². The SMILES string of the molecule is Cc1ccc(C(C)F)cc1-c1cc(C(=O)O)no1. The molecule has 1 aromatic carbocycles. The third-order valence-corrected chi connectivity index (χ3v) is 2.72. The third-order valence-electron chi connectivity index (χ3n) is 2.72. The number of carboxylic acid groups (broad SMARTS) is 1. The van der Waals surface area contributed by atoms with E-state index in [-0.39, 0.29) is 5.69 Å². The molecule has 0 fully saturated rings. The Hall–Kier alpha value is -2.17. The number of halogens is 1. The molecule has 2 rings (SSSR count). The first-order valence-corrected chi connectivity index (χ1v) is 5.44. The Morgan fingerprint density at radius 1 is 1.44 bits per heavy atom. The second kappa shape index (κ2) is 4.60. The third kappa shape index (κ3) is 2.25. The maximum Gasteiger partial charge on any atom is 0.358 e. The van der Waals surface area contributed by atoms with Crippen molar-refractivity contribution < 1.29 is 18.8 Å². The van der Waals surface area contributed by atoms with Crippen LogP contribution >= 0.6 is 0 Å². The minimum atomic E-state index is -1.15. The van der Waals surface area contributed by atoms with Crippen LogP contribution in [0.4, 0.5) is 4.39 Å². The van der Waals surface area contributed by atoms with E-state index >= 15 is 0 Å². The summed E-state index contributed by atoms with van der Waals surface area (Å²) in [6.45, 7) is 3.28. The molecule has 0 spiro atoms. The largest absolute Gasteiger partial charge is 0.476 e. The van der Waals surface area contributed by atoms with Crippen LogP contribution in [-0.2, 0) is 0 Å². The van der Waals surface area contributed by atoms with E-state index in [1.54, 1.807) is 18.2 Å². The Morgan fingerprint density at radius 3 is 2.72 bits per heavy atom. The lowest BCUT2D eigenvalue weighted by molar-refractivity contribution is 0.0686. The van der Waals surface area contributed by atoms with Crippen molar-refractivity contribution in [1.82, 2.24) is 5.16 Å². The highest BCUT2D eigenvalue weighted by Gasteiger charge is 2.15. The van der Waals surface area contributed by atoms with Crippen LogP contribution in [0.25, 0.3) is 11.3 Å². The molecule has 18 heavy (non-hydrogen) atoms. The molecule has 1 aromatic heterocycles. The molecule has 0 aliphatic heterocycles. The summed E-state index contributed by atoms with van der Waals surface area (Å²) < 4.78 is 18.2.